The van der Waals surface area contributed by atoms with E-state index >= 15 is 0 Å². The predicted molar refractivity (Wildman–Crippen MR) is 109 cm³/mol. The second-order valence-electron chi connectivity index (χ2n) is 5.28. The van der Waals surface area contributed by atoms with Gasteiger partial charge in [-0.05, 0) is 24.1 Å². The number of amides is 1. The monoisotopic (exact) mass is 448 g/mol. The number of guanidine groups is 1. The van der Waals surface area contributed by atoms with Crippen LogP contribution in [0.25, 0.3) is 0 Å². The first-order chi connectivity index (χ1) is 11.1. The number of carbonyl (C=O) groups excluding carboxylic acids is 1. The van der Waals surface area contributed by atoms with Gasteiger partial charge in [0, 0.05) is 40.2 Å². The molecule has 1 aromatic rings. The fourth-order valence-electron chi connectivity index (χ4n) is 2.11. The summed E-state index contributed by atoms with van der Waals surface area (Å²) < 4.78 is 5.16. The Labute approximate surface area is 162 Å². The van der Waals surface area contributed by atoms with E-state index in [1.165, 1.54) is 0 Å². The maximum Gasteiger partial charge on any atom is 0.221 e. The molecule has 0 atom stereocenters. The number of ether oxygens (including phenoxy) is 1. The van der Waals surface area contributed by atoms with E-state index in [2.05, 4.69) is 15.6 Å². The molecule has 0 bridgehead atoms. The highest BCUT2D eigenvalue weighted by Crippen LogP contribution is 2.12. The second kappa shape index (κ2) is 12.9. The first kappa shape index (κ1) is 22.5. The minimum absolute atomic E-state index is 0. The van der Waals surface area contributed by atoms with Crippen molar-refractivity contribution in [3.63, 3.8) is 0 Å². The van der Waals surface area contributed by atoms with E-state index in [-0.39, 0.29) is 29.9 Å². The van der Waals surface area contributed by atoms with Crippen LogP contribution in [0.5, 0.6) is 5.75 Å². The van der Waals surface area contributed by atoms with E-state index < -0.39 is 0 Å². The minimum atomic E-state index is 0. The molecule has 1 rings (SSSR count). The van der Waals surface area contributed by atoms with E-state index in [1.54, 1.807) is 14.2 Å². The van der Waals surface area contributed by atoms with Gasteiger partial charge in [-0.2, -0.15) is 0 Å². The average Bonchev–Trinajstić information content (AvgIpc) is 2.57. The first-order valence-electron chi connectivity index (χ1n) is 7.92. The molecule has 0 aromatic heterocycles. The van der Waals surface area contributed by atoms with Gasteiger partial charge in [-0.15, -0.1) is 24.0 Å². The van der Waals surface area contributed by atoms with Gasteiger partial charge in [0.25, 0.3) is 0 Å². The van der Waals surface area contributed by atoms with Gasteiger partial charge in [0.05, 0.1) is 7.11 Å². The van der Waals surface area contributed by atoms with Crippen LogP contribution in [0, 0.1) is 0 Å². The van der Waals surface area contributed by atoms with Crippen molar-refractivity contribution in [2.75, 3.05) is 34.3 Å². The number of nitrogens with one attached hydrogen (secondary N) is 2. The molecular weight excluding hydrogens is 419 g/mol. The van der Waals surface area contributed by atoms with E-state index in [1.807, 2.05) is 43.1 Å². The molecule has 0 unspecified atom stereocenters. The van der Waals surface area contributed by atoms with Crippen LogP contribution in [0.3, 0.4) is 0 Å². The van der Waals surface area contributed by atoms with Crippen molar-refractivity contribution in [1.29, 1.82) is 0 Å². The number of halogens is 1. The van der Waals surface area contributed by atoms with E-state index in [4.69, 9.17) is 4.74 Å². The number of aliphatic imine (C=N–C) groups is 1. The van der Waals surface area contributed by atoms with Gasteiger partial charge in [-0.3, -0.25) is 9.79 Å². The van der Waals surface area contributed by atoms with E-state index in [0.29, 0.717) is 13.0 Å². The Morgan fingerprint density at radius 2 is 1.88 bits per heavy atom. The lowest BCUT2D eigenvalue weighted by Gasteiger charge is -2.22. The van der Waals surface area contributed by atoms with Gasteiger partial charge >= 0.3 is 0 Å². The van der Waals surface area contributed by atoms with Crippen molar-refractivity contribution >= 4 is 35.8 Å². The third kappa shape index (κ3) is 8.37. The molecule has 0 heterocycles. The van der Waals surface area contributed by atoms with Crippen LogP contribution in [0.1, 0.15) is 25.3 Å². The summed E-state index contributed by atoms with van der Waals surface area (Å²) in [6.07, 6.45) is 1.39. The Bertz CT molecular complexity index is 506. The number of carbonyl (C=O) groups is 1. The van der Waals surface area contributed by atoms with Crippen molar-refractivity contribution in [2.24, 2.45) is 4.99 Å². The number of hydrogen-bond donors (Lipinski definition) is 2. The lowest BCUT2D eigenvalue weighted by molar-refractivity contribution is -0.120. The molecule has 2 N–H and O–H groups in total. The zero-order valence-corrected chi connectivity index (χ0v) is 17.3. The van der Waals surface area contributed by atoms with Crippen LogP contribution < -0.4 is 15.4 Å². The smallest absolute Gasteiger partial charge is 0.221 e. The summed E-state index contributed by atoms with van der Waals surface area (Å²) in [7, 11) is 5.37. The summed E-state index contributed by atoms with van der Waals surface area (Å²) in [5, 5.41) is 6.07. The molecule has 24 heavy (non-hydrogen) atoms. The Hall–Kier alpha value is -1.51. The molecule has 0 saturated carbocycles. The van der Waals surface area contributed by atoms with Gasteiger partial charge in [-0.1, -0.05) is 19.1 Å². The van der Waals surface area contributed by atoms with E-state index in [0.717, 1.165) is 36.8 Å². The van der Waals surface area contributed by atoms with Gasteiger partial charge in [0.1, 0.15) is 5.75 Å². The van der Waals surface area contributed by atoms with Gasteiger partial charge < -0.3 is 20.3 Å². The highest BCUT2D eigenvalue weighted by atomic mass is 127. The van der Waals surface area contributed by atoms with Gasteiger partial charge in [0.2, 0.25) is 5.91 Å². The topological polar surface area (TPSA) is 66.0 Å². The summed E-state index contributed by atoms with van der Waals surface area (Å²) in [4.78, 5) is 17.8. The summed E-state index contributed by atoms with van der Waals surface area (Å²) >= 11 is 0. The number of hydrogen-bond acceptors (Lipinski definition) is 3. The molecule has 1 aromatic carbocycles. The summed E-state index contributed by atoms with van der Waals surface area (Å²) in [5.74, 6) is 1.67. The van der Waals surface area contributed by atoms with Crippen molar-refractivity contribution < 1.29 is 9.53 Å². The van der Waals surface area contributed by atoms with Crippen molar-refractivity contribution in [1.82, 2.24) is 15.5 Å². The highest BCUT2D eigenvalue weighted by Gasteiger charge is 2.07. The largest absolute Gasteiger partial charge is 0.497 e. The van der Waals surface area contributed by atoms with Crippen molar-refractivity contribution in [3.8, 4) is 5.75 Å². The molecule has 6 nitrogen and oxygen atoms in total. The molecule has 136 valence electrons. The Kier molecular flexibility index (Phi) is 12.0. The van der Waals surface area contributed by atoms with Gasteiger partial charge in [0.15, 0.2) is 5.96 Å². The third-order valence-electron chi connectivity index (χ3n) is 3.36. The fraction of sp³-hybridized carbons (Fsp3) is 0.529. The quantitative estimate of drug-likeness (QED) is 0.364. The van der Waals surface area contributed by atoms with Crippen LogP contribution in [0.4, 0.5) is 0 Å². The summed E-state index contributed by atoms with van der Waals surface area (Å²) in [6.45, 7) is 4.06. The zero-order chi connectivity index (χ0) is 17.1. The van der Waals surface area contributed by atoms with Crippen LogP contribution in [0.15, 0.2) is 29.3 Å². The lowest BCUT2D eigenvalue weighted by Crippen LogP contribution is -2.40. The molecule has 0 aliphatic heterocycles. The summed E-state index contributed by atoms with van der Waals surface area (Å²) in [5.41, 5.74) is 1.16. The van der Waals surface area contributed by atoms with Crippen molar-refractivity contribution in [2.45, 2.75) is 26.3 Å². The fourth-order valence-corrected chi connectivity index (χ4v) is 2.11. The Morgan fingerprint density at radius 3 is 2.42 bits per heavy atom. The minimum Gasteiger partial charge on any atom is -0.497 e. The Morgan fingerprint density at radius 1 is 1.21 bits per heavy atom. The molecule has 0 fully saturated rings. The van der Waals surface area contributed by atoms with Crippen LogP contribution in [-0.2, 0) is 11.3 Å². The number of benzene rings is 1. The van der Waals surface area contributed by atoms with Crippen LogP contribution in [-0.4, -0.2) is 51.1 Å². The maximum atomic E-state index is 11.6. The molecule has 0 aliphatic carbocycles. The standard InChI is InChI=1S/C17H28N4O2.HI/c1-5-11-19-16(22)10-12-20-17(18-2)21(3)13-14-6-8-15(23-4)9-7-14;/h6-9H,5,10-13H2,1-4H3,(H,18,20)(H,19,22);1H. The predicted octanol–water partition coefficient (Wildman–Crippen LogP) is 2.24. The number of methoxy groups -OCH3 is 1. The lowest BCUT2D eigenvalue weighted by atomic mass is 10.2. The first-order valence-corrected chi connectivity index (χ1v) is 7.92. The van der Waals surface area contributed by atoms with E-state index in [9.17, 15) is 4.79 Å². The molecule has 1 amide bonds. The molecular formula is C17H29IN4O2. The molecule has 0 aliphatic rings. The molecule has 0 radical (unpaired) electrons. The summed E-state index contributed by atoms with van der Waals surface area (Å²) in [6, 6.07) is 7.94. The molecule has 7 heteroatoms. The molecule has 0 saturated heterocycles. The van der Waals surface area contributed by atoms with Gasteiger partial charge in [-0.25, -0.2) is 0 Å². The number of rotatable bonds is 8. The third-order valence-corrected chi connectivity index (χ3v) is 3.36. The van der Waals surface area contributed by atoms with Crippen LogP contribution in [0.2, 0.25) is 0 Å². The normalized spacial score (nSPS) is 10.6. The molecule has 0 spiro atoms. The zero-order valence-electron chi connectivity index (χ0n) is 15.0. The highest BCUT2D eigenvalue weighted by molar-refractivity contribution is 14.0. The second-order valence-corrected chi connectivity index (χ2v) is 5.28. The van der Waals surface area contributed by atoms with Crippen LogP contribution >= 0.6 is 24.0 Å². The number of nitrogens with zero attached hydrogens (tertiary/aromatic N) is 2. The van der Waals surface area contributed by atoms with Crippen molar-refractivity contribution in [3.05, 3.63) is 29.8 Å². The SMILES string of the molecule is CCCNC(=O)CCNC(=NC)N(C)Cc1ccc(OC)cc1.I. The maximum absolute atomic E-state index is 11.6. The average molecular weight is 448 g/mol. The Balaban J connectivity index is 0.00000529.